The van der Waals surface area contributed by atoms with Crippen molar-refractivity contribution in [1.82, 2.24) is 9.88 Å². The topological polar surface area (TPSA) is 45.3 Å². The van der Waals surface area contributed by atoms with E-state index in [0.717, 1.165) is 47.5 Å². The van der Waals surface area contributed by atoms with Crippen LogP contribution in [0.5, 0.6) is 5.75 Å². The minimum atomic E-state index is 0.141. The fraction of sp³-hybridized carbons (Fsp3) is 0.550. The molecule has 1 fully saturated rings. The zero-order chi connectivity index (χ0) is 17.1. The molecule has 4 nitrogen and oxygen atoms in total. The van der Waals surface area contributed by atoms with Crippen LogP contribution in [0.2, 0.25) is 0 Å². The molecule has 4 heteroatoms. The number of nitrogens with zero attached hydrogens (tertiary/aromatic N) is 1. The molecule has 0 spiro atoms. The second kappa shape index (κ2) is 7.39. The third-order valence-corrected chi connectivity index (χ3v) is 4.70. The molecule has 0 amide bonds. The van der Waals surface area contributed by atoms with Crippen molar-refractivity contribution in [2.45, 2.75) is 46.6 Å². The average Bonchev–Trinajstić information content (AvgIpc) is 2.58. The van der Waals surface area contributed by atoms with Gasteiger partial charge < -0.3 is 9.72 Å². The van der Waals surface area contributed by atoms with E-state index in [-0.39, 0.29) is 5.43 Å². The number of piperidine rings is 1. The zero-order valence-corrected chi connectivity index (χ0v) is 15.0. The third-order valence-electron chi connectivity index (χ3n) is 4.70. The molecule has 0 unspecified atom stereocenters. The highest BCUT2D eigenvalue weighted by Crippen LogP contribution is 2.20. The standard InChI is InChI=1S/C20H28N2O2/c1-14(2)13-24-16-7-8-19-17(11-16)20(23)18(15(3)21-19)12-22-9-5-4-6-10-22/h7-8,11,14H,4-6,9-10,12-13H2,1-3H3,(H,21,23). The Bertz CT molecular complexity index is 758. The molecule has 1 aromatic heterocycles. The van der Waals surface area contributed by atoms with E-state index in [4.69, 9.17) is 4.74 Å². The van der Waals surface area contributed by atoms with Crippen LogP contribution < -0.4 is 10.2 Å². The Labute approximate surface area is 143 Å². The smallest absolute Gasteiger partial charge is 0.194 e. The van der Waals surface area contributed by atoms with Crippen molar-refractivity contribution < 1.29 is 4.74 Å². The van der Waals surface area contributed by atoms with Crippen LogP contribution in [0.1, 0.15) is 44.4 Å². The fourth-order valence-electron chi connectivity index (χ4n) is 3.31. The first-order valence-corrected chi connectivity index (χ1v) is 9.05. The van der Waals surface area contributed by atoms with Gasteiger partial charge in [-0.1, -0.05) is 20.3 Å². The van der Waals surface area contributed by atoms with Crippen LogP contribution in [0.3, 0.4) is 0 Å². The number of rotatable bonds is 5. The Hall–Kier alpha value is -1.81. The van der Waals surface area contributed by atoms with E-state index in [2.05, 4.69) is 23.7 Å². The van der Waals surface area contributed by atoms with Crippen molar-refractivity contribution in [2.24, 2.45) is 5.92 Å². The maximum Gasteiger partial charge on any atom is 0.194 e. The highest BCUT2D eigenvalue weighted by Gasteiger charge is 2.16. The summed E-state index contributed by atoms with van der Waals surface area (Å²) in [6, 6.07) is 5.77. The molecule has 24 heavy (non-hydrogen) atoms. The lowest BCUT2D eigenvalue weighted by Crippen LogP contribution is -2.32. The van der Waals surface area contributed by atoms with Gasteiger partial charge in [0.25, 0.3) is 0 Å². The molecule has 1 aliphatic rings. The number of hydrogen-bond acceptors (Lipinski definition) is 3. The number of fused-ring (bicyclic) bond motifs is 1. The van der Waals surface area contributed by atoms with Gasteiger partial charge in [-0.15, -0.1) is 0 Å². The number of aromatic amines is 1. The maximum atomic E-state index is 13.0. The first kappa shape index (κ1) is 17.0. The zero-order valence-electron chi connectivity index (χ0n) is 15.0. The Morgan fingerprint density at radius 3 is 2.67 bits per heavy atom. The lowest BCUT2D eigenvalue weighted by atomic mass is 10.1. The van der Waals surface area contributed by atoms with E-state index in [9.17, 15) is 4.79 Å². The van der Waals surface area contributed by atoms with Crippen LogP contribution in [0.25, 0.3) is 10.9 Å². The van der Waals surface area contributed by atoms with Gasteiger partial charge in [-0.25, -0.2) is 0 Å². The van der Waals surface area contributed by atoms with Gasteiger partial charge in [0.2, 0.25) is 0 Å². The monoisotopic (exact) mass is 328 g/mol. The first-order valence-electron chi connectivity index (χ1n) is 9.05. The molecule has 1 aromatic carbocycles. The normalized spacial score (nSPS) is 16.0. The number of benzene rings is 1. The fourth-order valence-corrected chi connectivity index (χ4v) is 3.31. The molecule has 1 N–H and O–H groups in total. The van der Waals surface area contributed by atoms with Gasteiger partial charge in [0.1, 0.15) is 5.75 Å². The van der Waals surface area contributed by atoms with Gasteiger partial charge in [0.15, 0.2) is 5.43 Å². The summed E-state index contributed by atoms with van der Waals surface area (Å²) in [6.45, 7) is 9.83. The Morgan fingerprint density at radius 2 is 1.96 bits per heavy atom. The minimum Gasteiger partial charge on any atom is -0.493 e. The summed E-state index contributed by atoms with van der Waals surface area (Å²) in [5, 5.41) is 0.730. The molecular weight excluding hydrogens is 300 g/mol. The van der Waals surface area contributed by atoms with E-state index >= 15 is 0 Å². The lowest BCUT2D eigenvalue weighted by Gasteiger charge is -2.26. The summed E-state index contributed by atoms with van der Waals surface area (Å²) in [5.74, 6) is 1.24. The van der Waals surface area contributed by atoms with E-state index in [0.29, 0.717) is 12.5 Å². The summed E-state index contributed by atoms with van der Waals surface area (Å²) in [5.41, 5.74) is 2.90. The molecule has 0 atom stereocenters. The lowest BCUT2D eigenvalue weighted by molar-refractivity contribution is 0.220. The Morgan fingerprint density at radius 1 is 1.21 bits per heavy atom. The Balaban J connectivity index is 1.92. The molecule has 3 rings (SSSR count). The summed E-state index contributed by atoms with van der Waals surface area (Å²) in [4.78, 5) is 18.8. The van der Waals surface area contributed by atoms with Gasteiger partial charge >= 0.3 is 0 Å². The van der Waals surface area contributed by atoms with Gasteiger partial charge in [-0.2, -0.15) is 0 Å². The number of pyridine rings is 1. The summed E-state index contributed by atoms with van der Waals surface area (Å²) in [7, 11) is 0. The molecule has 2 aromatic rings. The van der Waals surface area contributed by atoms with Crippen molar-refractivity contribution in [3.63, 3.8) is 0 Å². The largest absolute Gasteiger partial charge is 0.493 e. The van der Waals surface area contributed by atoms with Crippen LogP contribution in [0, 0.1) is 12.8 Å². The first-order chi connectivity index (χ1) is 11.5. The quantitative estimate of drug-likeness (QED) is 0.906. The van der Waals surface area contributed by atoms with Crippen LogP contribution in [-0.2, 0) is 6.54 Å². The molecule has 0 bridgehead atoms. The van der Waals surface area contributed by atoms with Crippen LogP contribution in [0.15, 0.2) is 23.0 Å². The van der Waals surface area contributed by atoms with Gasteiger partial charge in [0.05, 0.1) is 6.61 Å². The predicted octanol–water partition coefficient (Wildman–Crippen LogP) is 3.86. The van der Waals surface area contributed by atoms with Crippen LogP contribution in [-0.4, -0.2) is 29.6 Å². The van der Waals surface area contributed by atoms with Crippen molar-refractivity contribution in [3.05, 3.63) is 39.7 Å². The average molecular weight is 328 g/mol. The summed E-state index contributed by atoms with van der Waals surface area (Å²) in [6.07, 6.45) is 3.77. The van der Waals surface area contributed by atoms with E-state index < -0.39 is 0 Å². The molecule has 130 valence electrons. The molecule has 0 saturated carbocycles. The number of H-pyrrole nitrogens is 1. The van der Waals surface area contributed by atoms with Crippen LogP contribution in [0.4, 0.5) is 0 Å². The number of nitrogens with one attached hydrogen (secondary N) is 1. The third kappa shape index (κ3) is 3.81. The van der Waals surface area contributed by atoms with Gasteiger partial charge in [-0.3, -0.25) is 9.69 Å². The van der Waals surface area contributed by atoms with Crippen molar-refractivity contribution in [2.75, 3.05) is 19.7 Å². The number of hydrogen-bond donors (Lipinski definition) is 1. The van der Waals surface area contributed by atoms with E-state index in [1.165, 1.54) is 19.3 Å². The summed E-state index contributed by atoms with van der Waals surface area (Å²) >= 11 is 0. The van der Waals surface area contributed by atoms with Crippen molar-refractivity contribution >= 4 is 10.9 Å². The number of aromatic nitrogens is 1. The second-order valence-electron chi connectivity index (χ2n) is 7.31. The second-order valence-corrected chi connectivity index (χ2v) is 7.31. The molecule has 0 aliphatic carbocycles. The van der Waals surface area contributed by atoms with Gasteiger partial charge in [0, 0.05) is 28.7 Å². The molecule has 1 saturated heterocycles. The van der Waals surface area contributed by atoms with Crippen molar-refractivity contribution in [1.29, 1.82) is 0 Å². The molecule has 0 radical (unpaired) electrons. The molecule has 1 aliphatic heterocycles. The molecule has 2 heterocycles. The maximum absolute atomic E-state index is 13.0. The van der Waals surface area contributed by atoms with E-state index in [1.54, 1.807) is 0 Å². The van der Waals surface area contributed by atoms with Gasteiger partial charge in [-0.05, 0) is 57.0 Å². The number of aryl methyl sites for hydroxylation is 1. The SMILES string of the molecule is Cc1[nH]c2ccc(OCC(C)C)cc2c(=O)c1CN1CCCCC1. The van der Waals surface area contributed by atoms with Crippen LogP contribution >= 0.6 is 0 Å². The Kier molecular flexibility index (Phi) is 5.24. The predicted molar refractivity (Wildman–Crippen MR) is 98.8 cm³/mol. The minimum absolute atomic E-state index is 0.141. The van der Waals surface area contributed by atoms with E-state index in [1.807, 2.05) is 25.1 Å². The van der Waals surface area contributed by atoms with Crippen molar-refractivity contribution in [3.8, 4) is 5.75 Å². The highest BCUT2D eigenvalue weighted by molar-refractivity contribution is 5.81. The molecular formula is C20H28N2O2. The number of ether oxygens (including phenoxy) is 1. The number of likely N-dealkylation sites (tertiary alicyclic amines) is 1. The highest BCUT2D eigenvalue weighted by atomic mass is 16.5. The summed E-state index contributed by atoms with van der Waals surface area (Å²) < 4.78 is 5.79.